The molecule has 0 aromatic heterocycles. The quantitative estimate of drug-likeness (QED) is 0.494. The average molecular weight is 524 g/mol. The van der Waals surface area contributed by atoms with Crippen molar-refractivity contribution in [3.8, 4) is 5.75 Å². The molecule has 0 unspecified atom stereocenters. The van der Waals surface area contributed by atoms with Crippen LogP contribution in [0.4, 0.5) is 15.3 Å². The zero-order valence-electron chi connectivity index (χ0n) is 22.5. The molecule has 0 radical (unpaired) electrons. The van der Waals surface area contributed by atoms with Gasteiger partial charge in [0.05, 0.1) is 11.9 Å². The summed E-state index contributed by atoms with van der Waals surface area (Å²) < 4.78 is 43.4. The van der Waals surface area contributed by atoms with Crippen molar-refractivity contribution in [3.63, 3.8) is 0 Å². The molecule has 0 saturated heterocycles. The van der Waals surface area contributed by atoms with Gasteiger partial charge < -0.3 is 19.9 Å². The molecule has 200 valence electrons. The monoisotopic (exact) mass is 523 g/mol. The highest BCUT2D eigenvalue weighted by molar-refractivity contribution is 7.94. The maximum Gasteiger partial charge on any atom is 0.425 e. The van der Waals surface area contributed by atoms with E-state index in [1.807, 2.05) is 0 Å². The average Bonchev–Trinajstić information content (AvgIpc) is 2.81. The summed E-state index contributed by atoms with van der Waals surface area (Å²) in [6, 6.07) is 4.94. The van der Waals surface area contributed by atoms with E-state index in [1.165, 1.54) is 13.8 Å². The molecule has 3 rings (SSSR count). The van der Waals surface area contributed by atoms with Crippen molar-refractivity contribution in [2.45, 2.75) is 95.5 Å². The number of amides is 2. The van der Waals surface area contributed by atoms with Gasteiger partial charge in [0.1, 0.15) is 33.1 Å². The van der Waals surface area contributed by atoms with E-state index in [0.717, 1.165) is 0 Å². The van der Waals surface area contributed by atoms with Crippen molar-refractivity contribution in [3.05, 3.63) is 23.8 Å². The highest BCUT2D eigenvalue weighted by Gasteiger charge is 2.61. The summed E-state index contributed by atoms with van der Waals surface area (Å²) in [4.78, 5) is 32.3. The van der Waals surface area contributed by atoms with Crippen LogP contribution in [0.3, 0.4) is 0 Å². The molecule has 10 nitrogen and oxygen atoms in total. The molecule has 2 heterocycles. The maximum absolute atomic E-state index is 14.2. The number of nitrogen functional groups attached to an aromatic ring is 1. The lowest BCUT2D eigenvalue weighted by Gasteiger charge is -2.46. The Morgan fingerprint density at radius 1 is 1.06 bits per heavy atom. The molecule has 1 aromatic carbocycles. The van der Waals surface area contributed by atoms with Crippen LogP contribution in [0.5, 0.6) is 5.75 Å². The van der Waals surface area contributed by atoms with Crippen LogP contribution in [-0.2, 0) is 24.8 Å². The Balaban J connectivity index is 2.34. The van der Waals surface area contributed by atoms with Crippen molar-refractivity contribution in [2.75, 3.05) is 12.3 Å². The zero-order chi connectivity index (χ0) is 27.5. The molecule has 0 saturated carbocycles. The smallest absolute Gasteiger partial charge is 0.425 e. The van der Waals surface area contributed by atoms with E-state index in [4.69, 9.17) is 24.9 Å². The number of imide groups is 1. The number of sulfone groups is 1. The van der Waals surface area contributed by atoms with Gasteiger partial charge in [0.2, 0.25) is 0 Å². The van der Waals surface area contributed by atoms with E-state index in [9.17, 15) is 18.0 Å². The minimum Gasteiger partial charge on any atom is -0.493 e. The Kier molecular flexibility index (Phi) is 6.66. The van der Waals surface area contributed by atoms with Gasteiger partial charge in [-0.1, -0.05) is 0 Å². The minimum absolute atomic E-state index is 0.152. The second-order valence-electron chi connectivity index (χ2n) is 11.8. The number of ether oxygens (including phenoxy) is 3. The summed E-state index contributed by atoms with van der Waals surface area (Å²) in [5.41, 5.74) is 3.55. The largest absolute Gasteiger partial charge is 0.493 e. The Bertz CT molecular complexity index is 1180. The Morgan fingerprint density at radius 2 is 1.58 bits per heavy atom. The van der Waals surface area contributed by atoms with Crippen LogP contribution in [0, 0.1) is 0 Å². The fourth-order valence-electron chi connectivity index (χ4n) is 4.41. The van der Waals surface area contributed by atoms with Gasteiger partial charge in [-0.25, -0.2) is 18.0 Å². The number of nitrogens with zero attached hydrogens (tertiary/aromatic N) is 2. The first-order chi connectivity index (χ1) is 16.2. The SMILES string of the molecule is CC(C)(C)OC(=O)N(C(=O)OC(C)(C)C)C1=N[C@]2(C)c3cc(N)ccc3OCC[C@H]2S(=O)(=O)C1(C)C. The van der Waals surface area contributed by atoms with Gasteiger partial charge >= 0.3 is 12.2 Å². The first-order valence-corrected chi connectivity index (χ1v) is 13.4. The number of aliphatic imine (C=N–C) groups is 1. The van der Waals surface area contributed by atoms with E-state index >= 15 is 0 Å². The number of hydrogen-bond donors (Lipinski definition) is 1. The number of fused-ring (bicyclic) bond motifs is 3. The van der Waals surface area contributed by atoms with Gasteiger partial charge in [0.25, 0.3) is 0 Å². The van der Waals surface area contributed by atoms with Gasteiger partial charge in [-0.3, -0.25) is 4.99 Å². The lowest BCUT2D eigenvalue weighted by atomic mass is 9.86. The lowest BCUT2D eigenvalue weighted by molar-refractivity contribution is 0.0138. The summed E-state index contributed by atoms with van der Waals surface area (Å²) >= 11 is 0. The topological polar surface area (TPSA) is 138 Å². The lowest BCUT2D eigenvalue weighted by Crippen LogP contribution is -2.64. The molecule has 11 heteroatoms. The predicted molar refractivity (Wildman–Crippen MR) is 137 cm³/mol. The van der Waals surface area contributed by atoms with E-state index in [2.05, 4.69) is 0 Å². The Hall–Kier alpha value is -2.82. The van der Waals surface area contributed by atoms with Crippen LogP contribution in [0.25, 0.3) is 0 Å². The summed E-state index contributed by atoms with van der Waals surface area (Å²) in [5.74, 6) is 0.147. The Labute approximate surface area is 213 Å². The maximum atomic E-state index is 14.2. The van der Waals surface area contributed by atoms with Gasteiger partial charge in [-0.2, -0.15) is 4.90 Å². The number of carbonyl (C=O) groups excluding carboxylic acids is 2. The highest BCUT2D eigenvalue weighted by Crippen LogP contribution is 2.49. The number of amidine groups is 1. The van der Waals surface area contributed by atoms with Gasteiger partial charge in [0.15, 0.2) is 9.84 Å². The number of carbonyl (C=O) groups is 2. The molecule has 0 aliphatic carbocycles. The van der Waals surface area contributed by atoms with Crippen LogP contribution >= 0.6 is 0 Å². The molecule has 2 aliphatic rings. The number of nitrogens with two attached hydrogens (primary N) is 1. The second kappa shape index (κ2) is 8.64. The van der Waals surface area contributed by atoms with Crippen LogP contribution in [0.1, 0.15) is 74.3 Å². The van der Waals surface area contributed by atoms with Gasteiger partial charge in [0, 0.05) is 17.7 Å². The third kappa shape index (κ3) is 4.89. The Morgan fingerprint density at radius 3 is 2.08 bits per heavy atom. The first-order valence-electron chi connectivity index (χ1n) is 11.8. The summed E-state index contributed by atoms with van der Waals surface area (Å²) in [6.07, 6.45) is -2.01. The summed E-state index contributed by atoms with van der Waals surface area (Å²) in [6.45, 7) is 14.5. The highest BCUT2D eigenvalue weighted by atomic mass is 32.2. The molecule has 0 bridgehead atoms. The predicted octanol–water partition coefficient (Wildman–Crippen LogP) is 4.41. The van der Waals surface area contributed by atoms with E-state index in [0.29, 0.717) is 21.9 Å². The van der Waals surface area contributed by atoms with Crippen LogP contribution in [0.2, 0.25) is 0 Å². The number of rotatable bonds is 0. The molecule has 1 aromatic rings. The third-order valence-corrected chi connectivity index (χ3v) is 9.19. The first kappa shape index (κ1) is 27.8. The number of hydrogen-bond acceptors (Lipinski definition) is 9. The molecule has 2 N–H and O–H groups in total. The molecule has 0 fully saturated rings. The molecule has 2 aliphatic heterocycles. The van der Waals surface area contributed by atoms with Crippen molar-refractivity contribution in [1.82, 2.24) is 4.90 Å². The van der Waals surface area contributed by atoms with E-state index in [1.54, 1.807) is 66.7 Å². The van der Waals surface area contributed by atoms with Gasteiger partial charge in [-0.15, -0.1) is 0 Å². The van der Waals surface area contributed by atoms with Crippen LogP contribution in [0.15, 0.2) is 23.2 Å². The van der Waals surface area contributed by atoms with Crippen molar-refractivity contribution < 1.29 is 32.2 Å². The van der Waals surface area contributed by atoms with Crippen LogP contribution < -0.4 is 10.5 Å². The molecular weight excluding hydrogens is 486 g/mol. The second-order valence-corrected chi connectivity index (χ2v) is 14.5. The standard InChI is InChI=1S/C25H37N3O7S/c1-22(2,3)34-20(29)28(21(30)35-23(4,5)6)19-24(7,8)36(31,32)18-12-13-33-17-11-10-15(26)14-16(17)25(18,9)27-19/h10-11,14,18H,12-13,26H2,1-9H3/t18-,25-/m1/s1. The summed E-state index contributed by atoms with van der Waals surface area (Å²) in [5, 5.41) is -0.995. The van der Waals surface area contributed by atoms with Crippen molar-refractivity contribution in [1.29, 1.82) is 0 Å². The van der Waals surface area contributed by atoms with Crippen LogP contribution in [-0.4, -0.2) is 59.1 Å². The fraction of sp³-hybridized carbons (Fsp3) is 0.640. The molecule has 36 heavy (non-hydrogen) atoms. The van der Waals surface area contributed by atoms with E-state index in [-0.39, 0.29) is 18.9 Å². The molecule has 0 spiro atoms. The third-order valence-electron chi connectivity index (χ3n) is 6.14. The normalized spacial score (nSPS) is 24.7. The number of benzene rings is 1. The molecular formula is C25H37N3O7S. The minimum atomic E-state index is -4.06. The zero-order valence-corrected chi connectivity index (χ0v) is 23.3. The van der Waals surface area contributed by atoms with Gasteiger partial charge in [-0.05, 0) is 80.5 Å². The number of anilines is 1. The molecule has 2 atom stereocenters. The van der Waals surface area contributed by atoms with E-state index < -0.39 is 48.8 Å². The van der Waals surface area contributed by atoms with Crippen molar-refractivity contribution >= 4 is 33.5 Å². The fourth-order valence-corrected chi connectivity index (χ4v) is 6.70. The molecule has 2 amide bonds. The summed E-state index contributed by atoms with van der Waals surface area (Å²) in [7, 11) is -4.06. The van der Waals surface area contributed by atoms with Crippen molar-refractivity contribution in [2.24, 2.45) is 4.99 Å².